The van der Waals surface area contributed by atoms with Crippen LogP contribution in [0.4, 0.5) is 11.4 Å². The molecule has 0 radical (unpaired) electrons. The summed E-state index contributed by atoms with van der Waals surface area (Å²) in [6.07, 6.45) is 1.04. The summed E-state index contributed by atoms with van der Waals surface area (Å²) in [4.78, 5) is 15.1. The molecule has 0 bridgehead atoms. The van der Waals surface area contributed by atoms with E-state index < -0.39 is 0 Å². The zero-order valence-corrected chi connectivity index (χ0v) is 17.8. The molecular weight excluding hydrogens is 362 g/mol. The first-order valence-corrected chi connectivity index (χ1v) is 10.7. The molecule has 0 spiro atoms. The molecule has 1 aliphatic rings. The van der Waals surface area contributed by atoms with Gasteiger partial charge in [-0.05, 0) is 37.1 Å². The summed E-state index contributed by atoms with van der Waals surface area (Å²) in [5.74, 6) is 0.605. The van der Waals surface area contributed by atoms with Crippen LogP contribution < -0.4 is 15.5 Å². The van der Waals surface area contributed by atoms with Crippen LogP contribution in [0.5, 0.6) is 0 Å². The van der Waals surface area contributed by atoms with Crippen LogP contribution in [-0.2, 0) is 9.53 Å². The van der Waals surface area contributed by atoms with E-state index in [1.165, 1.54) is 11.3 Å². The molecule has 3 rings (SSSR count). The molecule has 2 aromatic rings. The lowest BCUT2D eigenvalue weighted by molar-refractivity contribution is -0.714. The number of amides is 1. The number of hydrogen-bond acceptors (Lipinski definition) is 3. The molecule has 5 heteroatoms. The molecule has 156 valence electrons. The van der Waals surface area contributed by atoms with Gasteiger partial charge in [0.1, 0.15) is 6.04 Å². The maximum absolute atomic E-state index is 12.8. The molecule has 0 unspecified atom stereocenters. The topological polar surface area (TPSA) is 58.2 Å². The van der Waals surface area contributed by atoms with E-state index >= 15 is 0 Å². The Morgan fingerprint density at radius 1 is 1.03 bits per heavy atom. The van der Waals surface area contributed by atoms with Gasteiger partial charge in [0.2, 0.25) is 0 Å². The van der Waals surface area contributed by atoms with Crippen LogP contribution in [0.3, 0.4) is 0 Å². The highest BCUT2D eigenvalue weighted by Gasteiger charge is 2.24. The Morgan fingerprint density at radius 2 is 1.69 bits per heavy atom. The fourth-order valence-electron chi connectivity index (χ4n) is 3.80. The third kappa shape index (κ3) is 6.31. The number of ether oxygens (including phenoxy) is 1. The first-order chi connectivity index (χ1) is 14.0. The van der Waals surface area contributed by atoms with Crippen LogP contribution in [0.1, 0.15) is 38.8 Å². The molecule has 0 aromatic heterocycles. The minimum Gasteiger partial charge on any atom is -0.378 e. The van der Waals surface area contributed by atoms with Crippen molar-refractivity contribution in [1.82, 2.24) is 0 Å². The Hall–Kier alpha value is -2.37. The second kappa shape index (κ2) is 10.4. The average molecular weight is 397 g/mol. The number of carbonyl (C=O) groups is 1. The van der Waals surface area contributed by atoms with Crippen molar-refractivity contribution in [2.75, 3.05) is 36.5 Å². The Bertz CT molecular complexity index is 755. The van der Waals surface area contributed by atoms with E-state index in [1.807, 2.05) is 25.1 Å². The summed E-state index contributed by atoms with van der Waals surface area (Å²) in [6, 6.07) is 18.7. The molecule has 0 aliphatic carbocycles. The number of hydrogen-bond donors (Lipinski definition) is 2. The molecule has 1 heterocycles. The predicted molar refractivity (Wildman–Crippen MR) is 118 cm³/mol. The van der Waals surface area contributed by atoms with Gasteiger partial charge in [0.15, 0.2) is 6.04 Å². The first kappa shape index (κ1) is 21.3. The molecule has 1 amide bonds. The molecule has 0 saturated carbocycles. The molecule has 3 N–H and O–H groups in total. The van der Waals surface area contributed by atoms with Gasteiger partial charge in [-0.3, -0.25) is 4.79 Å². The number of carbonyl (C=O) groups excluding carboxylic acids is 1. The summed E-state index contributed by atoms with van der Waals surface area (Å²) in [5, 5.41) is 5.26. The predicted octanol–water partition coefficient (Wildman–Crippen LogP) is 3.20. The third-order valence-corrected chi connectivity index (χ3v) is 5.40. The molecule has 29 heavy (non-hydrogen) atoms. The van der Waals surface area contributed by atoms with Crippen molar-refractivity contribution in [2.45, 2.75) is 39.3 Å². The highest BCUT2D eigenvalue weighted by atomic mass is 16.5. The number of morpholine rings is 1. The van der Waals surface area contributed by atoms with Gasteiger partial charge in [0, 0.05) is 36.4 Å². The van der Waals surface area contributed by atoms with Crippen molar-refractivity contribution in [1.29, 1.82) is 0 Å². The highest BCUT2D eigenvalue weighted by molar-refractivity contribution is 5.93. The van der Waals surface area contributed by atoms with Gasteiger partial charge in [0.25, 0.3) is 5.91 Å². The minimum absolute atomic E-state index is 0.0359. The van der Waals surface area contributed by atoms with Crippen molar-refractivity contribution in [3.63, 3.8) is 0 Å². The maximum atomic E-state index is 12.8. The third-order valence-electron chi connectivity index (χ3n) is 5.40. The van der Waals surface area contributed by atoms with E-state index in [4.69, 9.17) is 4.74 Å². The van der Waals surface area contributed by atoms with E-state index in [0.29, 0.717) is 5.92 Å². The Balaban J connectivity index is 1.58. The fraction of sp³-hybridized carbons (Fsp3) is 0.458. The largest absolute Gasteiger partial charge is 0.378 e. The van der Waals surface area contributed by atoms with Gasteiger partial charge in [-0.15, -0.1) is 0 Å². The maximum Gasteiger partial charge on any atom is 0.282 e. The fourth-order valence-corrected chi connectivity index (χ4v) is 3.80. The van der Waals surface area contributed by atoms with E-state index in [2.05, 4.69) is 65.8 Å². The van der Waals surface area contributed by atoms with Crippen molar-refractivity contribution in [2.24, 2.45) is 5.92 Å². The van der Waals surface area contributed by atoms with Gasteiger partial charge in [-0.1, -0.05) is 44.2 Å². The van der Waals surface area contributed by atoms with Gasteiger partial charge in [0.05, 0.1) is 13.2 Å². The van der Waals surface area contributed by atoms with Crippen LogP contribution in [0.25, 0.3) is 0 Å². The van der Waals surface area contributed by atoms with Crippen molar-refractivity contribution in [3.05, 3.63) is 60.2 Å². The monoisotopic (exact) mass is 396 g/mol. The number of anilines is 2. The summed E-state index contributed by atoms with van der Waals surface area (Å²) in [7, 11) is 0. The molecular formula is C24H34N3O2+. The van der Waals surface area contributed by atoms with Crippen LogP contribution in [0.2, 0.25) is 0 Å². The second-order valence-corrected chi connectivity index (χ2v) is 8.26. The zero-order valence-electron chi connectivity index (χ0n) is 17.8. The van der Waals surface area contributed by atoms with Gasteiger partial charge < -0.3 is 20.3 Å². The van der Waals surface area contributed by atoms with Crippen LogP contribution in [0, 0.1) is 5.92 Å². The summed E-state index contributed by atoms with van der Waals surface area (Å²) in [6.45, 7) is 9.79. The molecule has 2 aromatic carbocycles. The van der Waals surface area contributed by atoms with Crippen LogP contribution in [-0.4, -0.2) is 38.3 Å². The Morgan fingerprint density at radius 3 is 2.31 bits per heavy atom. The number of nitrogens with zero attached hydrogens (tertiary/aromatic N) is 1. The average Bonchev–Trinajstić information content (AvgIpc) is 2.74. The Labute approximate surface area is 174 Å². The van der Waals surface area contributed by atoms with Crippen LogP contribution >= 0.6 is 0 Å². The number of quaternary nitrogens is 1. The molecule has 1 saturated heterocycles. The lowest BCUT2D eigenvalue weighted by atomic mass is 9.96. The van der Waals surface area contributed by atoms with Gasteiger partial charge in [-0.25, -0.2) is 0 Å². The highest BCUT2D eigenvalue weighted by Crippen LogP contribution is 2.20. The molecule has 2 atom stereocenters. The SMILES string of the molecule is CC(C)C[C@H]([NH2+][C@H](C)C(=O)Nc1ccc(N2CCOCC2)cc1)c1ccccc1. The standard InChI is InChI=1S/C24H33N3O2/c1-18(2)17-23(20-7-5-4-6-8-20)25-19(3)24(28)26-21-9-11-22(12-10-21)27-13-15-29-16-14-27/h4-12,18-19,23,25H,13-17H2,1-3H3,(H,26,28)/p+1/t19-,23+/m1/s1. The molecule has 5 nitrogen and oxygen atoms in total. The van der Waals surface area contributed by atoms with E-state index in [0.717, 1.165) is 38.4 Å². The van der Waals surface area contributed by atoms with Gasteiger partial charge in [-0.2, -0.15) is 0 Å². The zero-order chi connectivity index (χ0) is 20.6. The normalized spacial score (nSPS) is 16.5. The van der Waals surface area contributed by atoms with E-state index in [9.17, 15) is 4.79 Å². The molecule has 1 aliphatic heterocycles. The van der Waals surface area contributed by atoms with E-state index in [-0.39, 0.29) is 18.0 Å². The first-order valence-electron chi connectivity index (χ1n) is 10.7. The van der Waals surface area contributed by atoms with Crippen molar-refractivity contribution < 1.29 is 14.8 Å². The summed E-state index contributed by atoms with van der Waals surface area (Å²) < 4.78 is 5.41. The Kier molecular flexibility index (Phi) is 7.67. The minimum atomic E-state index is -0.169. The smallest absolute Gasteiger partial charge is 0.282 e. The van der Waals surface area contributed by atoms with E-state index in [1.54, 1.807) is 0 Å². The van der Waals surface area contributed by atoms with Crippen LogP contribution in [0.15, 0.2) is 54.6 Å². The summed E-state index contributed by atoms with van der Waals surface area (Å²) in [5.41, 5.74) is 3.29. The quantitative estimate of drug-likeness (QED) is 0.720. The second-order valence-electron chi connectivity index (χ2n) is 8.26. The lowest BCUT2D eigenvalue weighted by Gasteiger charge is -2.29. The van der Waals surface area contributed by atoms with Gasteiger partial charge >= 0.3 is 0 Å². The molecule has 1 fully saturated rings. The number of nitrogens with one attached hydrogen (secondary N) is 1. The van der Waals surface area contributed by atoms with Crippen molar-refractivity contribution in [3.8, 4) is 0 Å². The number of rotatable bonds is 8. The summed E-state index contributed by atoms with van der Waals surface area (Å²) >= 11 is 0. The van der Waals surface area contributed by atoms with Crippen molar-refractivity contribution >= 4 is 17.3 Å². The number of benzene rings is 2. The lowest BCUT2D eigenvalue weighted by Crippen LogP contribution is -2.92. The number of nitrogens with two attached hydrogens (primary N) is 1.